The van der Waals surface area contributed by atoms with Crippen molar-refractivity contribution in [2.45, 2.75) is 71.6 Å². The molecule has 0 N–H and O–H groups in total. The van der Waals surface area contributed by atoms with Gasteiger partial charge in [0.05, 0.1) is 6.61 Å². The zero-order valence-corrected chi connectivity index (χ0v) is 12.8. The van der Waals surface area contributed by atoms with Gasteiger partial charge in [-0.2, -0.15) is 0 Å². The minimum atomic E-state index is 0.841. The van der Waals surface area contributed by atoms with Gasteiger partial charge in [-0.25, -0.2) is 0 Å². The maximum absolute atomic E-state index is 5.67. The van der Waals surface area contributed by atoms with Crippen LogP contribution in [-0.4, -0.2) is 6.61 Å². The first kappa shape index (κ1) is 16.1. The van der Waals surface area contributed by atoms with Gasteiger partial charge in [0, 0.05) is 0 Å². The maximum Gasteiger partial charge on any atom is 0.119 e. The Bertz CT molecular complexity index is 302. The van der Waals surface area contributed by atoms with Gasteiger partial charge in [0.1, 0.15) is 5.75 Å². The van der Waals surface area contributed by atoms with E-state index in [1.807, 2.05) is 0 Å². The summed E-state index contributed by atoms with van der Waals surface area (Å²) < 4.78 is 5.67. The molecule has 108 valence electrons. The number of unbranched alkanes of at least 4 members (excludes halogenated alkanes) is 6. The minimum absolute atomic E-state index is 0.841. The van der Waals surface area contributed by atoms with Gasteiger partial charge in [-0.15, -0.1) is 0 Å². The first-order chi connectivity index (χ1) is 9.36. The Hall–Kier alpha value is -0.980. The molecule has 19 heavy (non-hydrogen) atoms. The fourth-order valence-corrected chi connectivity index (χ4v) is 2.20. The van der Waals surface area contributed by atoms with Crippen LogP contribution in [0.15, 0.2) is 24.3 Å². The minimum Gasteiger partial charge on any atom is -0.494 e. The van der Waals surface area contributed by atoms with E-state index in [1.54, 1.807) is 0 Å². The van der Waals surface area contributed by atoms with Crippen molar-refractivity contribution in [2.24, 2.45) is 0 Å². The van der Waals surface area contributed by atoms with E-state index < -0.39 is 0 Å². The summed E-state index contributed by atoms with van der Waals surface area (Å²) in [5, 5.41) is 0. The third-order valence-electron chi connectivity index (χ3n) is 3.51. The second-order valence-electron chi connectivity index (χ2n) is 5.36. The molecule has 1 aromatic carbocycles. The van der Waals surface area contributed by atoms with Gasteiger partial charge in [0.2, 0.25) is 0 Å². The van der Waals surface area contributed by atoms with Gasteiger partial charge in [0.15, 0.2) is 0 Å². The number of aryl methyl sites for hydroxylation is 1. The Balaban J connectivity index is 2.13. The van der Waals surface area contributed by atoms with Crippen LogP contribution in [-0.2, 0) is 6.42 Å². The summed E-state index contributed by atoms with van der Waals surface area (Å²) in [6, 6.07) is 8.66. The van der Waals surface area contributed by atoms with Crippen LogP contribution in [0.5, 0.6) is 5.75 Å². The highest BCUT2D eigenvalue weighted by Crippen LogP contribution is 2.15. The van der Waals surface area contributed by atoms with Crippen molar-refractivity contribution in [1.29, 1.82) is 0 Å². The van der Waals surface area contributed by atoms with E-state index in [0.717, 1.165) is 18.8 Å². The molecule has 0 atom stereocenters. The topological polar surface area (TPSA) is 9.23 Å². The largest absolute Gasteiger partial charge is 0.494 e. The van der Waals surface area contributed by atoms with Crippen molar-refractivity contribution < 1.29 is 4.74 Å². The molecule has 1 aromatic rings. The van der Waals surface area contributed by atoms with Gasteiger partial charge < -0.3 is 4.74 Å². The van der Waals surface area contributed by atoms with Gasteiger partial charge >= 0.3 is 0 Å². The summed E-state index contributed by atoms with van der Waals surface area (Å²) in [7, 11) is 0. The zero-order valence-electron chi connectivity index (χ0n) is 12.8. The van der Waals surface area contributed by atoms with Crippen LogP contribution < -0.4 is 4.74 Å². The Morgan fingerprint density at radius 2 is 1.37 bits per heavy atom. The van der Waals surface area contributed by atoms with Crippen LogP contribution in [0.1, 0.15) is 70.8 Å². The molecule has 1 heteroatoms. The fraction of sp³-hybridized carbons (Fsp3) is 0.667. The molecule has 0 unspecified atom stereocenters. The third-order valence-corrected chi connectivity index (χ3v) is 3.51. The molecule has 0 fully saturated rings. The first-order valence-corrected chi connectivity index (χ1v) is 8.08. The molecule has 1 rings (SSSR count). The van der Waals surface area contributed by atoms with Crippen molar-refractivity contribution in [2.75, 3.05) is 6.61 Å². The summed E-state index contributed by atoms with van der Waals surface area (Å²) >= 11 is 0. The van der Waals surface area contributed by atoms with Gasteiger partial charge in [-0.3, -0.25) is 0 Å². The number of rotatable bonds is 11. The van der Waals surface area contributed by atoms with E-state index in [-0.39, 0.29) is 0 Å². The Morgan fingerprint density at radius 3 is 2.05 bits per heavy atom. The van der Waals surface area contributed by atoms with Crippen molar-refractivity contribution in [1.82, 2.24) is 0 Å². The SMILES string of the molecule is CCCCCCCCc1ccc(OCCCC)cc1. The fourth-order valence-electron chi connectivity index (χ4n) is 2.20. The van der Waals surface area contributed by atoms with Crippen molar-refractivity contribution in [3.8, 4) is 5.75 Å². The van der Waals surface area contributed by atoms with E-state index in [4.69, 9.17) is 4.74 Å². The van der Waals surface area contributed by atoms with Gasteiger partial charge in [0.25, 0.3) is 0 Å². The summed E-state index contributed by atoms with van der Waals surface area (Å²) in [4.78, 5) is 0. The molecule has 0 aromatic heterocycles. The van der Waals surface area contributed by atoms with Crippen LogP contribution in [0.25, 0.3) is 0 Å². The molecule has 0 aliphatic rings. The average Bonchev–Trinajstić information content (AvgIpc) is 2.44. The Labute approximate surface area is 119 Å². The normalized spacial score (nSPS) is 10.6. The van der Waals surface area contributed by atoms with Crippen LogP contribution in [0.3, 0.4) is 0 Å². The first-order valence-electron chi connectivity index (χ1n) is 8.08. The lowest BCUT2D eigenvalue weighted by atomic mass is 10.0. The average molecular weight is 262 g/mol. The molecule has 0 radical (unpaired) electrons. The summed E-state index contributed by atoms with van der Waals surface area (Å²) in [6.45, 7) is 5.30. The number of benzene rings is 1. The molecule has 0 aliphatic carbocycles. The van der Waals surface area contributed by atoms with Gasteiger partial charge in [-0.05, 0) is 37.0 Å². The van der Waals surface area contributed by atoms with Crippen molar-refractivity contribution >= 4 is 0 Å². The summed E-state index contributed by atoms with van der Waals surface area (Å²) in [5.74, 6) is 1.01. The predicted molar refractivity (Wildman–Crippen MR) is 83.9 cm³/mol. The third kappa shape index (κ3) is 7.92. The Kier molecular flexibility index (Phi) is 9.22. The molecule has 0 saturated carbocycles. The summed E-state index contributed by atoms with van der Waals surface area (Å²) in [6.07, 6.45) is 11.8. The van der Waals surface area contributed by atoms with Crippen LogP contribution in [0, 0.1) is 0 Å². The van der Waals surface area contributed by atoms with E-state index in [1.165, 1.54) is 56.9 Å². The van der Waals surface area contributed by atoms with E-state index in [0.29, 0.717) is 0 Å². The van der Waals surface area contributed by atoms with E-state index in [2.05, 4.69) is 38.1 Å². The number of ether oxygens (including phenoxy) is 1. The molecule has 0 spiro atoms. The zero-order chi connectivity index (χ0) is 13.8. The number of hydrogen-bond acceptors (Lipinski definition) is 1. The molecule has 0 saturated heterocycles. The molecular formula is C18H30O. The van der Waals surface area contributed by atoms with Crippen molar-refractivity contribution in [3.05, 3.63) is 29.8 Å². The lowest BCUT2D eigenvalue weighted by Gasteiger charge is -2.06. The molecule has 0 aliphatic heterocycles. The van der Waals surface area contributed by atoms with Crippen molar-refractivity contribution in [3.63, 3.8) is 0 Å². The predicted octanol–water partition coefficient (Wildman–Crippen LogP) is 5.77. The standard InChI is InChI=1S/C18H30O/c1-3-5-7-8-9-10-11-17-12-14-18(15-13-17)19-16-6-4-2/h12-15H,3-11,16H2,1-2H3. The molecule has 0 bridgehead atoms. The maximum atomic E-state index is 5.67. The summed E-state index contributed by atoms with van der Waals surface area (Å²) in [5.41, 5.74) is 1.44. The van der Waals surface area contributed by atoms with E-state index >= 15 is 0 Å². The smallest absolute Gasteiger partial charge is 0.119 e. The second kappa shape index (κ2) is 10.9. The van der Waals surface area contributed by atoms with Crippen LogP contribution in [0.4, 0.5) is 0 Å². The quantitative estimate of drug-likeness (QED) is 0.460. The lowest BCUT2D eigenvalue weighted by Crippen LogP contribution is -1.96. The van der Waals surface area contributed by atoms with Crippen LogP contribution in [0.2, 0.25) is 0 Å². The molecule has 0 amide bonds. The molecule has 1 nitrogen and oxygen atoms in total. The van der Waals surface area contributed by atoms with Gasteiger partial charge in [-0.1, -0.05) is 64.5 Å². The van der Waals surface area contributed by atoms with Crippen LogP contribution >= 0.6 is 0 Å². The monoisotopic (exact) mass is 262 g/mol. The lowest BCUT2D eigenvalue weighted by molar-refractivity contribution is 0.309. The molecule has 0 heterocycles. The molecular weight excluding hydrogens is 232 g/mol. The van der Waals surface area contributed by atoms with E-state index in [9.17, 15) is 0 Å². The highest BCUT2D eigenvalue weighted by molar-refractivity contribution is 5.27. The second-order valence-corrected chi connectivity index (χ2v) is 5.36. The highest BCUT2D eigenvalue weighted by Gasteiger charge is 1.96. The Morgan fingerprint density at radius 1 is 0.737 bits per heavy atom. The highest BCUT2D eigenvalue weighted by atomic mass is 16.5. The number of hydrogen-bond donors (Lipinski definition) is 0.